The fourth-order valence-electron chi connectivity index (χ4n) is 2.07. The quantitative estimate of drug-likeness (QED) is 0.749. The molecule has 114 valence electrons. The molecule has 0 atom stereocenters. The highest BCUT2D eigenvalue weighted by atomic mass is 16.6. The van der Waals surface area contributed by atoms with Crippen LogP contribution >= 0.6 is 0 Å². The summed E-state index contributed by atoms with van der Waals surface area (Å²) in [6.45, 7) is 1.55. The maximum Gasteiger partial charge on any atom is 0.303 e. The van der Waals surface area contributed by atoms with Crippen molar-refractivity contribution in [2.45, 2.75) is 25.7 Å². The summed E-state index contributed by atoms with van der Waals surface area (Å²) >= 11 is 0. The van der Waals surface area contributed by atoms with Crippen LogP contribution in [-0.4, -0.2) is 36.7 Å². The average molecular weight is 293 g/mol. The van der Waals surface area contributed by atoms with Gasteiger partial charge in [0.05, 0.1) is 0 Å². The van der Waals surface area contributed by atoms with E-state index in [1.807, 2.05) is 0 Å². The topological polar surface area (TPSA) is 84.9 Å². The summed E-state index contributed by atoms with van der Waals surface area (Å²) in [6, 6.07) is 5.11. The van der Waals surface area contributed by atoms with E-state index in [0.717, 1.165) is 12.8 Å². The number of carboxylic acid groups (broad SMARTS) is 1. The van der Waals surface area contributed by atoms with Crippen molar-refractivity contribution in [2.24, 2.45) is 0 Å². The van der Waals surface area contributed by atoms with E-state index in [4.69, 9.17) is 14.6 Å². The molecule has 1 aromatic rings. The van der Waals surface area contributed by atoms with Crippen LogP contribution in [0.3, 0.4) is 0 Å². The lowest BCUT2D eigenvalue weighted by molar-refractivity contribution is -0.137. The molecule has 0 saturated carbocycles. The zero-order chi connectivity index (χ0) is 15.1. The lowest BCUT2D eigenvalue weighted by atomic mass is 10.1. The van der Waals surface area contributed by atoms with Crippen molar-refractivity contribution in [3.8, 4) is 11.5 Å². The fraction of sp³-hybridized carbons (Fsp3) is 0.467. The first kappa shape index (κ1) is 15.2. The second-order valence-corrected chi connectivity index (χ2v) is 4.82. The Kier molecular flexibility index (Phi) is 5.43. The summed E-state index contributed by atoms with van der Waals surface area (Å²) in [4.78, 5) is 22.3. The van der Waals surface area contributed by atoms with E-state index >= 15 is 0 Å². The first-order chi connectivity index (χ1) is 10.2. The SMILES string of the molecule is O=C(O)CCCCCNC(=O)c1ccc2c(c1)OCCO2. The molecule has 1 heterocycles. The highest BCUT2D eigenvalue weighted by Gasteiger charge is 2.14. The second-order valence-electron chi connectivity index (χ2n) is 4.82. The molecule has 1 aliphatic rings. The largest absolute Gasteiger partial charge is 0.486 e. The van der Waals surface area contributed by atoms with Crippen LogP contribution in [0.5, 0.6) is 11.5 Å². The highest BCUT2D eigenvalue weighted by molar-refractivity contribution is 5.94. The third-order valence-electron chi connectivity index (χ3n) is 3.16. The summed E-state index contributed by atoms with van der Waals surface area (Å²) in [7, 11) is 0. The van der Waals surface area contributed by atoms with Gasteiger partial charge in [-0.3, -0.25) is 9.59 Å². The van der Waals surface area contributed by atoms with Gasteiger partial charge >= 0.3 is 5.97 Å². The molecule has 0 aliphatic carbocycles. The van der Waals surface area contributed by atoms with Crippen molar-refractivity contribution in [1.82, 2.24) is 5.32 Å². The van der Waals surface area contributed by atoms with Crippen LogP contribution in [0.25, 0.3) is 0 Å². The van der Waals surface area contributed by atoms with Gasteiger partial charge in [-0.25, -0.2) is 0 Å². The Balaban J connectivity index is 1.74. The van der Waals surface area contributed by atoms with Gasteiger partial charge in [-0.15, -0.1) is 0 Å². The molecule has 0 radical (unpaired) electrons. The van der Waals surface area contributed by atoms with Gasteiger partial charge in [0.2, 0.25) is 0 Å². The minimum atomic E-state index is -0.782. The molecule has 2 rings (SSSR count). The predicted molar refractivity (Wildman–Crippen MR) is 75.9 cm³/mol. The molecular weight excluding hydrogens is 274 g/mol. The van der Waals surface area contributed by atoms with Crippen molar-refractivity contribution < 1.29 is 24.2 Å². The average Bonchev–Trinajstić information content (AvgIpc) is 2.49. The normalized spacial score (nSPS) is 12.8. The molecule has 0 unspecified atom stereocenters. The van der Waals surface area contributed by atoms with Crippen LogP contribution in [0.15, 0.2) is 18.2 Å². The number of benzene rings is 1. The van der Waals surface area contributed by atoms with Gasteiger partial charge in [-0.05, 0) is 31.0 Å². The number of carbonyl (C=O) groups excluding carboxylic acids is 1. The number of aliphatic carboxylic acids is 1. The van der Waals surface area contributed by atoms with Crippen molar-refractivity contribution >= 4 is 11.9 Å². The maximum absolute atomic E-state index is 12.0. The number of carboxylic acids is 1. The van der Waals surface area contributed by atoms with Crippen molar-refractivity contribution in [3.05, 3.63) is 23.8 Å². The van der Waals surface area contributed by atoms with Crippen LogP contribution in [0.1, 0.15) is 36.0 Å². The lowest BCUT2D eigenvalue weighted by Crippen LogP contribution is -2.25. The van der Waals surface area contributed by atoms with E-state index in [-0.39, 0.29) is 12.3 Å². The van der Waals surface area contributed by atoms with Gasteiger partial charge in [-0.1, -0.05) is 6.42 Å². The molecule has 0 saturated heterocycles. The second kappa shape index (κ2) is 7.52. The van der Waals surface area contributed by atoms with Crippen molar-refractivity contribution in [2.75, 3.05) is 19.8 Å². The van der Waals surface area contributed by atoms with E-state index in [2.05, 4.69) is 5.32 Å². The Labute approximate surface area is 123 Å². The molecule has 6 heteroatoms. The van der Waals surface area contributed by atoms with Crippen molar-refractivity contribution in [3.63, 3.8) is 0 Å². The van der Waals surface area contributed by atoms with E-state index in [1.165, 1.54) is 0 Å². The maximum atomic E-state index is 12.0. The van der Waals surface area contributed by atoms with Gasteiger partial charge in [0.25, 0.3) is 5.91 Å². The van der Waals surface area contributed by atoms with E-state index < -0.39 is 5.97 Å². The number of amides is 1. The number of ether oxygens (including phenoxy) is 2. The zero-order valence-electron chi connectivity index (χ0n) is 11.8. The number of fused-ring (bicyclic) bond motifs is 1. The third kappa shape index (κ3) is 4.66. The van der Waals surface area contributed by atoms with E-state index in [0.29, 0.717) is 43.2 Å². The summed E-state index contributed by atoms with van der Waals surface area (Å²) in [5.74, 6) is 0.308. The molecule has 21 heavy (non-hydrogen) atoms. The Morgan fingerprint density at radius 2 is 1.86 bits per heavy atom. The van der Waals surface area contributed by atoms with Gasteiger partial charge in [0, 0.05) is 18.5 Å². The van der Waals surface area contributed by atoms with E-state index in [1.54, 1.807) is 18.2 Å². The summed E-state index contributed by atoms with van der Waals surface area (Å²) in [5, 5.41) is 11.3. The molecule has 0 aromatic heterocycles. The molecule has 6 nitrogen and oxygen atoms in total. The summed E-state index contributed by atoms with van der Waals surface area (Å²) in [5.41, 5.74) is 0.532. The molecule has 0 fully saturated rings. The Morgan fingerprint density at radius 3 is 2.62 bits per heavy atom. The van der Waals surface area contributed by atoms with E-state index in [9.17, 15) is 9.59 Å². The lowest BCUT2D eigenvalue weighted by Gasteiger charge is -2.18. The van der Waals surface area contributed by atoms with Crippen molar-refractivity contribution in [1.29, 1.82) is 0 Å². The van der Waals surface area contributed by atoms with Gasteiger partial charge in [0.1, 0.15) is 13.2 Å². The first-order valence-corrected chi connectivity index (χ1v) is 7.06. The number of hydrogen-bond acceptors (Lipinski definition) is 4. The molecular formula is C15H19NO5. The van der Waals surface area contributed by atoms with Crippen LogP contribution < -0.4 is 14.8 Å². The zero-order valence-corrected chi connectivity index (χ0v) is 11.8. The predicted octanol–water partition coefficient (Wildman–Crippen LogP) is 1.83. The Morgan fingerprint density at radius 1 is 1.10 bits per heavy atom. The molecule has 0 bridgehead atoms. The first-order valence-electron chi connectivity index (χ1n) is 7.06. The molecule has 2 N–H and O–H groups in total. The Bertz CT molecular complexity index is 515. The van der Waals surface area contributed by atoms with Gasteiger partial charge < -0.3 is 19.9 Å². The minimum Gasteiger partial charge on any atom is -0.486 e. The smallest absolute Gasteiger partial charge is 0.303 e. The van der Waals surface area contributed by atoms with Crippen LogP contribution in [0.2, 0.25) is 0 Å². The van der Waals surface area contributed by atoms with Crippen LogP contribution in [0, 0.1) is 0 Å². The molecule has 0 spiro atoms. The summed E-state index contributed by atoms with van der Waals surface area (Å²) in [6.07, 6.45) is 2.36. The number of nitrogens with one attached hydrogen (secondary N) is 1. The molecule has 1 aromatic carbocycles. The Hall–Kier alpha value is -2.24. The molecule has 1 amide bonds. The highest BCUT2D eigenvalue weighted by Crippen LogP contribution is 2.30. The minimum absolute atomic E-state index is 0.162. The monoisotopic (exact) mass is 293 g/mol. The molecule has 1 aliphatic heterocycles. The standard InChI is InChI=1S/C15H19NO5/c17-14(18)4-2-1-3-7-16-15(19)11-5-6-12-13(10-11)21-9-8-20-12/h5-6,10H,1-4,7-9H2,(H,16,19)(H,17,18). The number of unbranched alkanes of at least 4 members (excludes halogenated alkanes) is 2. The number of carbonyl (C=O) groups is 2. The van der Waals surface area contributed by atoms with Gasteiger partial charge in [0.15, 0.2) is 11.5 Å². The number of hydrogen-bond donors (Lipinski definition) is 2. The van der Waals surface area contributed by atoms with Crippen LogP contribution in [0.4, 0.5) is 0 Å². The third-order valence-corrected chi connectivity index (χ3v) is 3.16. The summed E-state index contributed by atoms with van der Waals surface area (Å²) < 4.78 is 10.8. The van der Waals surface area contributed by atoms with Crippen LogP contribution in [-0.2, 0) is 4.79 Å². The van der Waals surface area contributed by atoms with Gasteiger partial charge in [-0.2, -0.15) is 0 Å². The fourth-order valence-corrected chi connectivity index (χ4v) is 2.07. The number of rotatable bonds is 7.